The molecule has 0 fully saturated rings. The Bertz CT molecular complexity index is 517. The van der Waals surface area contributed by atoms with Gasteiger partial charge in [-0.3, -0.25) is 4.79 Å². The van der Waals surface area contributed by atoms with Gasteiger partial charge in [-0.15, -0.1) is 0 Å². The average molecular weight is 247 g/mol. The summed E-state index contributed by atoms with van der Waals surface area (Å²) in [6, 6.07) is 7.89. The van der Waals surface area contributed by atoms with E-state index in [0.29, 0.717) is 18.8 Å². The zero-order chi connectivity index (χ0) is 13.5. The lowest BCUT2D eigenvalue weighted by molar-refractivity contribution is 0.0950. The van der Waals surface area contributed by atoms with Crippen LogP contribution in [-0.2, 0) is 0 Å². The molecule has 0 spiro atoms. The Kier molecular flexibility index (Phi) is 5.39. The van der Waals surface area contributed by atoms with Crippen LogP contribution in [0, 0.1) is 6.92 Å². The van der Waals surface area contributed by atoms with Crippen molar-refractivity contribution in [1.82, 2.24) is 10.3 Å². The van der Waals surface area contributed by atoms with E-state index in [0.717, 1.165) is 10.9 Å². The van der Waals surface area contributed by atoms with Crippen molar-refractivity contribution in [3.05, 3.63) is 35.5 Å². The fraction of sp³-hybridized carbons (Fsp3) is 0.357. The Labute approximate surface area is 108 Å². The highest BCUT2D eigenvalue weighted by Crippen LogP contribution is 2.16. The van der Waals surface area contributed by atoms with Crippen molar-refractivity contribution in [2.45, 2.75) is 20.8 Å². The number of fused-ring (bicyclic) bond motifs is 1. The third kappa shape index (κ3) is 3.34. The van der Waals surface area contributed by atoms with Crippen LogP contribution >= 0.6 is 0 Å². The fourth-order valence-corrected chi connectivity index (χ4v) is 1.66. The molecule has 1 aromatic carbocycles. The summed E-state index contributed by atoms with van der Waals surface area (Å²) in [7, 11) is 0. The Morgan fingerprint density at radius 2 is 2.06 bits per heavy atom. The third-order valence-corrected chi connectivity index (χ3v) is 2.45. The van der Waals surface area contributed by atoms with E-state index in [1.54, 1.807) is 0 Å². The number of amides is 1. The van der Waals surface area contributed by atoms with Crippen LogP contribution < -0.4 is 11.1 Å². The zero-order valence-electron chi connectivity index (χ0n) is 11.2. The molecule has 4 heteroatoms. The lowest BCUT2D eigenvalue weighted by atomic mass is 10.2. The van der Waals surface area contributed by atoms with Gasteiger partial charge in [0, 0.05) is 24.0 Å². The minimum Gasteiger partial charge on any atom is -0.351 e. The highest BCUT2D eigenvalue weighted by Gasteiger charge is 2.08. The first-order valence-corrected chi connectivity index (χ1v) is 6.28. The maximum absolute atomic E-state index is 11.7. The molecular formula is C14H21N3O. The van der Waals surface area contributed by atoms with Crippen LogP contribution in [0.15, 0.2) is 24.3 Å². The van der Waals surface area contributed by atoms with Gasteiger partial charge < -0.3 is 16.0 Å². The van der Waals surface area contributed by atoms with E-state index in [4.69, 9.17) is 5.73 Å². The number of hydrogen-bond donors (Lipinski definition) is 3. The molecule has 1 heterocycles. The van der Waals surface area contributed by atoms with Crippen LogP contribution in [0.5, 0.6) is 0 Å². The molecule has 0 saturated heterocycles. The number of nitrogens with two attached hydrogens (primary N) is 1. The maximum atomic E-state index is 11.7. The second kappa shape index (κ2) is 6.81. The first kappa shape index (κ1) is 14.3. The van der Waals surface area contributed by atoms with Crippen LogP contribution in [0.1, 0.15) is 29.9 Å². The van der Waals surface area contributed by atoms with Crippen molar-refractivity contribution in [1.29, 1.82) is 0 Å². The minimum absolute atomic E-state index is 0.112. The molecule has 98 valence electrons. The highest BCUT2D eigenvalue weighted by molar-refractivity contribution is 5.98. The summed E-state index contributed by atoms with van der Waals surface area (Å²) in [4.78, 5) is 14.7. The van der Waals surface area contributed by atoms with Gasteiger partial charge in [0.2, 0.25) is 0 Å². The van der Waals surface area contributed by atoms with Gasteiger partial charge in [-0.2, -0.15) is 0 Å². The normalized spacial score (nSPS) is 9.78. The van der Waals surface area contributed by atoms with Gasteiger partial charge in [-0.25, -0.2) is 0 Å². The summed E-state index contributed by atoms with van der Waals surface area (Å²) in [5.41, 5.74) is 8.06. The van der Waals surface area contributed by atoms with Crippen molar-refractivity contribution in [2.24, 2.45) is 5.73 Å². The van der Waals surface area contributed by atoms with Crippen molar-refractivity contribution in [3.8, 4) is 0 Å². The van der Waals surface area contributed by atoms with Crippen LogP contribution in [0.25, 0.3) is 10.9 Å². The Balaban J connectivity index is 0.000000771. The number of benzene rings is 1. The van der Waals surface area contributed by atoms with Crippen LogP contribution in [-0.4, -0.2) is 24.0 Å². The molecule has 2 rings (SSSR count). The molecule has 0 saturated carbocycles. The molecular weight excluding hydrogens is 226 g/mol. The monoisotopic (exact) mass is 247 g/mol. The molecule has 4 N–H and O–H groups in total. The van der Waals surface area contributed by atoms with Crippen molar-refractivity contribution < 1.29 is 4.79 Å². The third-order valence-electron chi connectivity index (χ3n) is 2.45. The lowest BCUT2D eigenvalue weighted by Gasteiger charge is -1.99. The number of H-pyrrole nitrogens is 1. The van der Waals surface area contributed by atoms with E-state index in [9.17, 15) is 4.79 Å². The Hall–Kier alpha value is -1.81. The van der Waals surface area contributed by atoms with Crippen LogP contribution in [0.4, 0.5) is 0 Å². The van der Waals surface area contributed by atoms with Crippen molar-refractivity contribution in [2.75, 3.05) is 13.1 Å². The molecule has 18 heavy (non-hydrogen) atoms. The number of nitrogens with one attached hydrogen (secondary N) is 2. The number of aromatic nitrogens is 1. The van der Waals surface area contributed by atoms with E-state index in [-0.39, 0.29) is 5.91 Å². The van der Waals surface area contributed by atoms with Gasteiger partial charge in [-0.05, 0) is 25.1 Å². The quantitative estimate of drug-likeness (QED) is 0.778. The van der Waals surface area contributed by atoms with E-state index in [1.165, 1.54) is 5.56 Å². The molecule has 0 radical (unpaired) electrons. The largest absolute Gasteiger partial charge is 0.351 e. The summed E-state index contributed by atoms with van der Waals surface area (Å²) < 4.78 is 0. The number of aryl methyl sites for hydroxylation is 1. The van der Waals surface area contributed by atoms with Crippen LogP contribution in [0.3, 0.4) is 0 Å². The number of carbonyl (C=O) groups excluding carboxylic acids is 1. The Morgan fingerprint density at radius 1 is 1.33 bits per heavy atom. The first-order valence-electron chi connectivity index (χ1n) is 6.28. The molecule has 1 aromatic heterocycles. The van der Waals surface area contributed by atoms with Gasteiger partial charge in [-0.1, -0.05) is 25.5 Å². The molecule has 0 aliphatic heterocycles. The summed E-state index contributed by atoms with van der Waals surface area (Å²) in [5, 5.41) is 3.78. The van der Waals surface area contributed by atoms with Gasteiger partial charge in [0.25, 0.3) is 5.91 Å². The molecule has 0 atom stereocenters. The van der Waals surface area contributed by atoms with Gasteiger partial charge in [0.05, 0.1) is 0 Å². The van der Waals surface area contributed by atoms with Crippen LogP contribution in [0.2, 0.25) is 0 Å². The summed E-state index contributed by atoms with van der Waals surface area (Å²) in [6.45, 7) is 6.97. The Morgan fingerprint density at radius 3 is 2.72 bits per heavy atom. The smallest absolute Gasteiger partial charge is 0.267 e. The minimum atomic E-state index is -0.112. The zero-order valence-corrected chi connectivity index (χ0v) is 11.2. The lowest BCUT2D eigenvalue weighted by Crippen LogP contribution is -2.29. The second-order valence-corrected chi connectivity index (χ2v) is 3.82. The fourth-order valence-electron chi connectivity index (χ4n) is 1.66. The summed E-state index contributed by atoms with van der Waals surface area (Å²) >= 11 is 0. The predicted molar refractivity (Wildman–Crippen MR) is 75.8 cm³/mol. The maximum Gasteiger partial charge on any atom is 0.267 e. The standard InChI is InChI=1S/C12H15N3O.C2H6/c1-8-2-3-10-9(6-8)7-11(15-10)12(16)14-5-4-13;1-2/h2-3,6-7,15H,4-5,13H2,1H3,(H,14,16);1-2H3. The van der Waals surface area contributed by atoms with Gasteiger partial charge in [0.15, 0.2) is 0 Å². The van der Waals surface area contributed by atoms with E-state index >= 15 is 0 Å². The molecule has 2 aromatic rings. The molecule has 0 aliphatic carbocycles. The van der Waals surface area contributed by atoms with E-state index in [1.807, 2.05) is 45.0 Å². The number of carbonyl (C=O) groups is 1. The van der Waals surface area contributed by atoms with Crippen molar-refractivity contribution >= 4 is 16.8 Å². The van der Waals surface area contributed by atoms with Crippen molar-refractivity contribution in [3.63, 3.8) is 0 Å². The molecule has 0 bridgehead atoms. The molecule has 0 unspecified atom stereocenters. The van der Waals surface area contributed by atoms with Gasteiger partial charge >= 0.3 is 0 Å². The number of rotatable bonds is 3. The SMILES string of the molecule is CC.Cc1ccc2[nH]c(C(=O)NCCN)cc2c1. The highest BCUT2D eigenvalue weighted by atomic mass is 16.1. The topological polar surface area (TPSA) is 70.9 Å². The summed E-state index contributed by atoms with van der Waals surface area (Å²) in [5.74, 6) is -0.112. The molecule has 1 amide bonds. The predicted octanol–water partition coefficient (Wildman–Crippen LogP) is 2.19. The average Bonchev–Trinajstić information content (AvgIpc) is 2.81. The van der Waals surface area contributed by atoms with Gasteiger partial charge in [0.1, 0.15) is 5.69 Å². The molecule has 0 aliphatic rings. The second-order valence-electron chi connectivity index (χ2n) is 3.82. The van der Waals surface area contributed by atoms with E-state index < -0.39 is 0 Å². The summed E-state index contributed by atoms with van der Waals surface area (Å²) in [6.07, 6.45) is 0. The number of hydrogen-bond acceptors (Lipinski definition) is 2. The number of aromatic amines is 1. The first-order chi connectivity index (χ1) is 8.70. The van der Waals surface area contributed by atoms with E-state index in [2.05, 4.69) is 10.3 Å². The molecule has 4 nitrogen and oxygen atoms in total.